The highest BCUT2D eigenvalue weighted by Crippen LogP contribution is 2.17. The predicted molar refractivity (Wildman–Crippen MR) is 45.6 cm³/mol. The molecule has 2 nitrogen and oxygen atoms in total. The van der Waals surface area contributed by atoms with Crippen LogP contribution in [0.1, 0.15) is 12.5 Å². The summed E-state index contributed by atoms with van der Waals surface area (Å²) >= 11 is 0. The van der Waals surface area contributed by atoms with E-state index in [1.807, 2.05) is 30.3 Å². The van der Waals surface area contributed by atoms with Crippen LogP contribution in [0.25, 0.3) is 0 Å². The molecule has 0 radical (unpaired) electrons. The Bertz CT molecular complexity index is 285. The van der Waals surface area contributed by atoms with Crippen LogP contribution in [0.15, 0.2) is 29.3 Å². The number of hydrogen-bond donors (Lipinski definition) is 1. The second kappa shape index (κ2) is 3.69. The van der Waals surface area contributed by atoms with Gasteiger partial charge in [-0.2, -0.15) is 4.99 Å². The molecule has 0 heterocycles. The van der Waals surface area contributed by atoms with E-state index in [1.54, 1.807) is 0 Å². The van der Waals surface area contributed by atoms with Gasteiger partial charge in [0.25, 0.3) is 0 Å². The van der Waals surface area contributed by atoms with Gasteiger partial charge in [-0.1, -0.05) is 25.1 Å². The summed E-state index contributed by atoms with van der Waals surface area (Å²) in [5, 5.41) is 6.70. The predicted octanol–water partition coefficient (Wildman–Crippen LogP) is 2.63. The van der Waals surface area contributed by atoms with Gasteiger partial charge in [-0.3, -0.25) is 0 Å². The first kappa shape index (κ1) is 7.70. The minimum absolute atomic E-state index is 0.852. The third kappa shape index (κ3) is 1.76. The van der Waals surface area contributed by atoms with Gasteiger partial charge in [0.1, 0.15) is 0 Å². The summed E-state index contributed by atoms with van der Waals surface area (Å²) < 4.78 is 0. The Morgan fingerprint density at radius 2 is 2.18 bits per heavy atom. The van der Waals surface area contributed by atoms with Gasteiger partial charge in [-0.15, -0.1) is 0 Å². The number of aryl methyl sites for hydroxylation is 1. The maximum atomic E-state index is 6.70. The van der Waals surface area contributed by atoms with Crippen molar-refractivity contribution in [1.29, 1.82) is 5.41 Å². The fourth-order valence-corrected chi connectivity index (χ4v) is 0.979. The Labute approximate surface area is 66.1 Å². The van der Waals surface area contributed by atoms with Crippen molar-refractivity contribution in [2.45, 2.75) is 13.3 Å². The second-order valence-corrected chi connectivity index (χ2v) is 2.21. The van der Waals surface area contributed by atoms with Crippen LogP contribution < -0.4 is 0 Å². The molecule has 0 fully saturated rings. The minimum atomic E-state index is 0.852. The van der Waals surface area contributed by atoms with E-state index in [-0.39, 0.29) is 0 Å². The largest absolute Gasteiger partial charge is 0.241 e. The zero-order valence-electron chi connectivity index (χ0n) is 6.46. The van der Waals surface area contributed by atoms with Gasteiger partial charge in [0.15, 0.2) is 0 Å². The Balaban J connectivity index is 3.11. The van der Waals surface area contributed by atoms with E-state index < -0.39 is 0 Å². The molecule has 0 amide bonds. The number of hydrogen-bond acceptors (Lipinski definition) is 2. The molecule has 1 rings (SSSR count). The Morgan fingerprint density at radius 3 is 2.82 bits per heavy atom. The van der Waals surface area contributed by atoms with Crippen LogP contribution in [0.3, 0.4) is 0 Å². The van der Waals surface area contributed by atoms with E-state index >= 15 is 0 Å². The highest BCUT2D eigenvalue weighted by Gasteiger charge is 1.94. The van der Waals surface area contributed by atoms with Gasteiger partial charge in [0.2, 0.25) is 0 Å². The standard InChI is InChI=1S/C9H10N2/c1-2-8-5-3-4-6-9(8)11-7-10/h3-6,10H,2H2,1H3. The van der Waals surface area contributed by atoms with E-state index in [1.165, 1.54) is 0 Å². The highest BCUT2D eigenvalue weighted by atomic mass is 14.7. The molecule has 0 saturated heterocycles. The number of nitrogens with one attached hydrogen (secondary N) is 1. The van der Waals surface area contributed by atoms with Gasteiger partial charge < -0.3 is 0 Å². The van der Waals surface area contributed by atoms with Crippen LogP contribution in [0.4, 0.5) is 5.69 Å². The summed E-state index contributed by atoms with van der Waals surface area (Å²) in [6.07, 6.45) is 0.946. The molecular weight excluding hydrogens is 136 g/mol. The van der Waals surface area contributed by atoms with E-state index in [2.05, 4.69) is 11.9 Å². The molecule has 0 atom stereocenters. The van der Waals surface area contributed by atoms with Crippen LogP contribution in [-0.2, 0) is 6.42 Å². The lowest BCUT2D eigenvalue weighted by atomic mass is 10.1. The Morgan fingerprint density at radius 1 is 1.45 bits per heavy atom. The fraction of sp³-hybridized carbons (Fsp3) is 0.222. The first-order valence-corrected chi connectivity index (χ1v) is 3.59. The smallest absolute Gasteiger partial charge is 0.0918 e. The van der Waals surface area contributed by atoms with E-state index in [4.69, 9.17) is 5.41 Å². The summed E-state index contributed by atoms with van der Waals surface area (Å²) in [4.78, 5) is 3.79. The lowest BCUT2D eigenvalue weighted by Gasteiger charge is -1.98. The maximum Gasteiger partial charge on any atom is 0.0918 e. The number of para-hydroxylation sites is 1. The molecule has 2 heteroatoms. The lowest BCUT2D eigenvalue weighted by molar-refractivity contribution is 1.13. The second-order valence-electron chi connectivity index (χ2n) is 2.21. The normalized spacial score (nSPS) is 8.82. The van der Waals surface area contributed by atoms with Crippen molar-refractivity contribution in [2.24, 2.45) is 4.99 Å². The van der Waals surface area contributed by atoms with Gasteiger partial charge in [-0.05, 0) is 18.1 Å². The van der Waals surface area contributed by atoms with Crippen LogP contribution in [0.5, 0.6) is 0 Å². The van der Waals surface area contributed by atoms with Crippen molar-refractivity contribution >= 4 is 11.7 Å². The zero-order chi connectivity index (χ0) is 8.10. The molecule has 1 aromatic rings. The molecule has 0 aliphatic rings. The van der Waals surface area contributed by atoms with Gasteiger partial charge >= 0.3 is 0 Å². The molecule has 0 bridgehead atoms. The highest BCUT2D eigenvalue weighted by molar-refractivity contribution is 5.54. The molecule has 1 N–H and O–H groups in total. The molecule has 0 aliphatic heterocycles. The van der Waals surface area contributed by atoms with Crippen molar-refractivity contribution in [3.05, 3.63) is 29.8 Å². The van der Waals surface area contributed by atoms with Crippen molar-refractivity contribution in [1.82, 2.24) is 0 Å². The van der Waals surface area contributed by atoms with Crippen molar-refractivity contribution in [2.75, 3.05) is 0 Å². The SMILES string of the molecule is CCc1ccccc1N=C=N. The first-order chi connectivity index (χ1) is 5.38. The van der Waals surface area contributed by atoms with Crippen molar-refractivity contribution in [3.8, 4) is 0 Å². The molecular formula is C9H10N2. The van der Waals surface area contributed by atoms with Gasteiger partial charge in [0.05, 0.1) is 11.7 Å². The molecule has 11 heavy (non-hydrogen) atoms. The first-order valence-electron chi connectivity index (χ1n) is 3.59. The average Bonchev–Trinajstić information content (AvgIpc) is 2.06. The monoisotopic (exact) mass is 146 g/mol. The molecule has 56 valence electrons. The topological polar surface area (TPSA) is 36.2 Å². The van der Waals surface area contributed by atoms with E-state index in [0.717, 1.165) is 17.7 Å². The maximum absolute atomic E-state index is 6.70. The third-order valence-electron chi connectivity index (χ3n) is 1.55. The van der Waals surface area contributed by atoms with Crippen LogP contribution in [0.2, 0.25) is 0 Å². The van der Waals surface area contributed by atoms with E-state index in [0.29, 0.717) is 0 Å². The number of aliphatic imine (C=N–C) groups is 1. The van der Waals surface area contributed by atoms with Crippen LogP contribution in [0, 0.1) is 5.41 Å². The quantitative estimate of drug-likeness (QED) is 0.623. The molecule has 0 saturated carbocycles. The fourth-order valence-electron chi connectivity index (χ4n) is 0.979. The average molecular weight is 146 g/mol. The third-order valence-corrected chi connectivity index (χ3v) is 1.55. The molecule has 0 spiro atoms. The zero-order valence-corrected chi connectivity index (χ0v) is 6.46. The van der Waals surface area contributed by atoms with Gasteiger partial charge in [0, 0.05) is 0 Å². The minimum Gasteiger partial charge on any atom is -0.241 e. The van der Waals surface area contributed by atoms with Crippen molar-refractivity contribution < 1.29 is 0 Å². The summed E-state index contributed by atoms with van der Waals surface area (Å²) in [6.45, 7) is 2.07. The van der Waals surface area contributed by atoms with Crippen molar-refractivity contribution in [3.63, 3.8) is 0 Å². The molecule has 0 aromatic heterocycles. The Hall–Kier alpha value is -1.40. The summed E-state index contributed by atoms with van der Waals surface area (Å²) in [7, 11) is 0. The molecule has 0 unspecified atom stereocenters. The number of benzene rings is 1. The molecule has 1 aromatic carbocycles. The molecule has 0 aliphatic carbocycles. The number of rotatable bonds is 2. The van der Waals surface area contributed by atoms with Gasteiger partial charge in [-0.25, -0.2) is 5.41 Å². The summed E-state index contributed by atoms with van der Waals surface area (Å²) in [6, 6.07) is 9.82. The van der Waals surface area contributed by atoms with Crippen LogP contribution >= 0.6 is 0 Å². The van der Waals surface area contributed by atoms with Crippen LogP contribution in [-0.4, -0.2) is 6.01 Å². The number of nitrogens with zero attached hydrogens (tertiary/aromatic N) is 1. The summed E-state index contributed by atoms with van der Waals surface area (Å²) in [5.74, 6) is 0. The Kier molecular flexibility index (Phi) is 2.59. The van der Waals surface area contributed by atoms with E-state index in [9.17, 15) is 0 Å². The lowest BCUT2D eigenvalue weighted by Crippen LogP contribution is -1.78. The summed E-state index contributed by atoms with van der Waals surface area (Å²) in [5.41, 5.74) is 2.01.